The van der Waals surface area contributed by atoms with E-state index in [-0.39, 0.29) is 5.91 Å². The maximum atomic E-state index is 12.9. The van der Waals surface area contributed by atoms with Crippen LogP contribution in [-0.4, -0.2) is 45.1 Å². The molecule has 10 heteroatoms. The number of aromatic nitrogens is 5. The number of fused-ring (bicyclic) bond motifs is 1. The maximum absolute atomic E-state index is 12.9. The lowest BCUT2D eigenvalue weighted by Crippen LogP contribution is -2.14. The van der Waals surface area contributed by atoms with Crippen molar-refractivity contribution in [2.45, 2.75) is 13.3 Å². The molecule has 0 saturated carbocycles. The number of hydrogen-bond donors (Lipinski definition) is 1. The van der Waals surface area contributed by atoms with Gasteiger partial charge in [-0.05, 0) is 30.7 Å². The first-order valence-electron chi connectivity index (χ1n) is 8.84. The molecule has 0 fully saturated rings. The Bertz CT molecular complexity index is 1170. The average molecular weight is 410 g/mol. The van der Waals surface area contributed by atoms with E-state index < -0.39 is 0 Å². The number of nitrogens with one attached hydrogen (secondary N) is 1. The molecule has 0 aliphatic heterocycles. The van der Waals surface area contributed by atoms with Crippen LogP contribution in [0.3, 0.4) is 0 Å². The zero-order valence-electron chi connectivity index (χ0n) is 16.0. The molecule has 148 valence electrons. The molecule has 9 nitrogen and oxygen atoms in total. The predicted molar refractivity (Wildman–Crippen MR) is 109 cm³/mol. The van der Waals surface area contributed by atoms with Crippen LogP contribution >= 0.6 is 11.3 Å². The van der Waals surface area contributed by atoms with Crippen LogP contribution in [0.25, 0.3) is 16.0 Å². The first-order valence-corrected chi connectivity index (χ1v) is 9.65. The lowest BCUT2D eigenvalue weighted by molar-refractivity contribution is 0.102. The molecule has 0 aliphatic carbocycles. The molecule has 0 radical (unpaired) electrons. The molecular formula is C19H18N6O3S. The fourth-order valence-electron chi connectivity index (χ4n) is 2.89. The maximum Gasteiger partial charge on any atom is 0.260 e. The van der Waals surface area contributed by atoms with Crippen molar-refractivity contribution in [1.29, 1.82) is 0 Å². The molecule has 0 saturated heterocycles. The average Bonchev–Trinajstić information content (AvgIpc) is 3.36. The summed E-state index contributed by atoms with van der Waals surface area (Å²) in [6.07, 6.45) is 2.12. The monoisotopic (exact) mass is 410 g/mol. The Morgan fingerprint density at radius 1 is 1.17 bits per heavy atom. The van der Waals surface area contributed by atoms with E-state index in [2.05, 4.69) is 25.6 Å². The summed E-state index contributed by atoms with van der Waals surface area (Å²) in [6, 6.07) is 9.01. The van der Waals surface area contributed by atoms with E-state index in [1.165, 1.54) is 24.6 Å². The summed E-state index contributed by atoms with van der Waals surface area (Å²) < 4.78 is 12.8. The van der Waals surface area contributed by atoms with E-state index >= 15 is 0 Å². The predicted octanol–water partition coefficient (Wildman–Crippen LogP) is 3.10. The van der Waals surface area contributed by atoms with Crippen molar-refractivity contribution >= 4 is 32.6 Å². The Morgan fingerprint density at radius 3 is 2.72 bits per heavy atom. The van der Waals surface area contributed by atoms with Gasteiger partial charge in [0.15, 0.2) is 10.9 Å². The van der Waals surface area contributed by atoms with Gasteiger partial charge in [-0.1, -0.05) is 18.3 Å². The summed E-state index contributed by atoms with van der Waals surface area (Å²) in [5.41, 5.74) is 1.98. The molecule has 1 amide bonds. The summed E-state index contributed by atoms with van der Waals surface area (Å²) in [6.45, 7) is 1.95. The minimum Gasteiger partial charge on any atom is -0.497 e. The Labute approximate surface area is 170 Å². The fraction of sp³-hybridized carbons (Fsp3) is 0.211. The smallest absolute Gasteiger partial charge is 0.260 e. The van der Waals surface area contributed by atoms with Crippen LogP contribution < -0.4 is 14.8 Å². The molecule has 0 spiro atoms. The standard InChI is InChI=1S/C19H18N6O3S/c1-4-14-12(10-20-25(14)16-7-8-17(28-3)24-23-16)18(26)22-19-21-13-6-5-11(27-2)9-15(13)29-19/h5-10H,4H2,1-3H3,(H,21,22,26). The Hall–Kier alpha value is -3.53. The molecule has 0 unspecified atom stereocenters. The number of hydrogen-bond acceptors (Lipinski definition) is 8. The Kier molecular flexibility index (Phi) is 5.09. The van der Waals surface area contributed by atoms with E-state index in [1.54, 1.807) is 23.9 Å². The van der Waals surface area contributed by atoms with Crippen molar-refractivity contribution in [3.63, 3.8) is 0 Å². The van der Waals surface area contributed by atoms with Crippen molar-refractivity contribution < 1.29 is 14.3 Å². The first-order chi connectivity index (χ1) is 14.1. The van der Waals surface area contributed by atoms with Crippen LogP contribution in [0, 0.1) is 0 Å². The molecule has 1 N–H and O–H groups in total. The largest absolute Gasteiger partial charge is 0.497 e. The van der Waals surface area contributed by atoms with Gasteiger partial charge >= 0.3 is 0 Å². The highest BCUT2D eigenvalue weighted by atomic mass is 32.1. The second-order valence-corrected chi connectivity index (χ2v) is 7.04. The van der Waals surface area contributed by atoms with Crippen molar-refractivity contribution in [2.24, 2.45) is 0 Å². The number of carbonyl (C=O) groups is 1. The van der Waals surface area contributed by atoms with Gasteiger partial charge in [-0.15, -0.1) is 10.2 Å². The molecule has 3 heterocycles. The Balaban J connectivity index is 1.61. The van der Waals surface area contributed by atoms with E-state index in [0.717, 1.165) is 21.7 Å². The highest BCUT2D eigenvalue weighted by molar-refractivity contribution is 7.22. The third kappa shape index (κ3) is 3.61. The molecular weight excluding hydrogens is 392 g/mol. The van der Waals surface area contributed by atoms with Crippen molar-refractivity contribution in [3.8, 4) is 17.4 Å². The van der Waals surface area contributed by atoms with Crippen molar-refractivity contribution in [2.75, 3.05) is 19.5 Å². The van der Waals surface area contributed by atoms with E-state index in [1.807, 2.05) is 25.1 Å². The van der Waals surface area contributed by atoms with Crippen LogP contribution in [0.5, 0.6) is 11.6 Å². The molecule has 0 bridgehead atoms. The number of nitrogens with zero attached hydrogens (tertiary/aromatic N) is 5. The molecule has 4 rings (SSSR count). The first kappa shape index (κ1) is 18.8. The zero-order valence-corrected chi connectivity index (χ0v) is 16.9. The third-order valence-electron chi connectivity index (χ3n) is 4.32. The lowest BCUT2D eigenvalue weighted by Gasteiger charge is -2.07. The second kappa shape index (κ2) is 7.84. The number of anilines is 1. The summed E-state index contributed by atoms with van der Waals surface area (Å²) >= 11 is 1.38. The summed E-state index contributed by atoms with van der Waals surface area (Å²) in [5, 5.41) is 15.8. The quantitative estimate of drug-likeness (QED) is 0.521. The number of amides is 1. The lowest BCUT2D eigenvalue weighted by atomic mass is 10.2. The Morgan fingerprint density at radius 2 is 2.03 bits per heavy atom. The van der Waals surface area contributed by atoms with E-state index in [0.29, 0.717) is 28.8 Å². The van der Waals surface area contributed by atoms with Gasteiger partial charge in [0, 0.05) is 6.07 Å². The van der Waals surface area contributed by atoms with E-state index in [4.69, 9.17) is 9.47 Å². The SMILES string of the molecule is CCc1c(C(=O)Nc2nc3ccc(OC)cc3s2)cnn1-c1ccc(OC)nn1. The van der Waals surface area contributed by atoms with Crippen LogP contribution in [0.4, 0.5) is 5.13 Å². The highest BCUT2D eigenvalue weighted by Crippen LogP contribution is 2.29. The summed E-state index contributed by atoms with van der Waals surface area (Å²) in [7, 11) is 3.14. The van der Waals surface area contributed by atoms with Gasteiger partial charge < -0.3 is 9.47 Å². The third-order valence-corrected chi connectivity index (χ3v) is 5.25. The summed E-state index contributed by atoms with van der Waals surface area (Å²) in [5.74, 6) is 1.38. The second-order valence-electron chi connectivity index (χ2n) is 6.01. The summed E-state index contributed by atoms with van der Waals surface area (Å²) in [4.78, 5) is 17.3. The number of benzene rings is 1. The van der Waals surface area contributed by atoms with Gasteiger partial charge in [-0.3, -0.25) is 10.1 Å². The number of thiazole rings is 1. The van der Waals surface area contributed by atoms with Crippen LogP contribution in [0.1, 0.15) is 23.0 Å². The minimum absolute atomic E-state index is 0.277. The zero-order chi connectivity index (χ0) is 20.4. The van der Waals surface area contributed by atoms with Gasteiger partial charge in [0.05, 0.1) is 41.9 Å². The normalized spacial score (nSPS) is 10.9. The number of rotatable bonds is 6. The molecule has 29 heavy (non-hydrogen) atoms. The number of ether oxygens (including phenoxy) is 2. The van der Waals surface area contributed by atoms with Crippen molar-refractivity contribution in [3.05, 3.63) is 47.8 Å². The van der Waals surface area contributed by atoms with Gasteiger partial charge in [-0.25, -0.2) is 9.67 Å². The molecule has 0 atom stereocenters. The number of carbonyl (C=O) groups excluding carboxylic acids is 1. The molecule has 0 aliphatic rings. The van der Waals surface area contributed by atoms with Crippen molar-refractivity contribution in [1.82, 2.24) is 25.0 Å². The topological polar surface area (TPSA) is 104 Å². The molecule has 4 aromatic rings. The fourth-order valence-corrected chi connectivity index (χ4v) is 3.78. The number of methoxy groups -OCH3 is 2. The minimum atomic E-state index is -0.277. The van der Waals surface area contributed by atoms with Gasteiger partial charge in [0.2, 0.25) is 5.88 Å². The van der Waals surface area contributed by atoms with Gasteiger partial charge in [0.1, 0.15) is 5.75 Å². The molecule has 3 aromatic heterocycles. The van der Waals surface area contributed by atoms with Crippen LogP contribution in [-0.2, 0) is 6.42 Å². The van der Waals surface area contributed by atoms with Gasteiger partial charge in [0.25, 0.3) is 5.91 Å². The highest BCUT2D eigenvalue weighted by Gasteiger charge is 2.19. The van der Waals surface area contributed by atoms with Gasteiger partial charge in [-0.2, -0.15) is 5.10 Å². The molecule has 1 aromatic carbocycles. The van der Waals surface area contributed by atoms with Crippen LogP contribution in [0.15, 0.2) is 36.5 Å². The van der Waals surface area contributed by atoms with E-state index in [9.17, 15) is 4.79 Å². The van der Waals surface area contributed by atoms with Crippen LogP contribution in [0.2, 0.25) is 0 Å².